The zero-order valence-electron chi connectivity index (χ0n) is 12.3. The molecule has 0 radical (unpaired) electrons. The van der Waals surface area contributed by atoms with E-state index in [1.165, 1.54) is 12.8 Å². The van der Waals surface area contributed by atoms with Gasteiger partial charge in [-0.1, -0.05) is 12.1 Å². The molecule has 2 N–H and O–H groups in total. The van der Waals surface area contributed by atoms with Crippen molar-refractivity contribution in [3.8, 4) is 0 Å². The molecule has 1 aromatic rings. The molecule has 1 aliphatic rings. The summed E-state index contributed by atoms with van der Waals surface area (Å²) in [6.45, 7) is 2.48. The number of sulfonamides is 1. The highest BCUT2D eigenvalue weighted by molar-refractivity contribution is 7.89. The number of benzene rings is 1. The van der Waals surface area contributed by atoms with Gasteiger partial charge < -0.3 is 5.32 Å². The fraction of sp³-hybridized carbons (Fsp3) is 0.571. The minimum atomic E-state index is -3.55. The largest absolute Gasteiger partial charge is 0.310 e. The summed E-state index contributed by atoms with van der Waals surface area (Å²) < 4.78 is 38.0. The van der Waals surface area contributed by atoms with Crippen LogP contribution in [0.4, 0.5) is 0 Å². The van der Waals surface area contributed by atoms with E-state index in [1.807, 2.05) is 12.1 Å². The monoisotopic (exact) mass is 330 g/mol. The van der Waals surface area contributed by atoms with Crippen LogP contribution < -0.4 is 10.0 Å². The number of hydrogen-bond acceptors (Lipinski definition) is 4. The lowest BCUT2D eigenvalue weighted by Gasteiger charge is -2.13. The van der Waals surface area contributed by atoms with Gasteiger partial charge in [0.05, 0.1) is 4.90 Å². The topological polar surface area (TPSA) is 75.3 Å². The van der Waals surface area contributed by atoms with Crippen LogP contribution in [-0.4, -0.2) is 36.7 Å². The molecule has 0 aliphatic heterocycles. The van der Waals surface area contributed by atoms with Crippen molar-refractivity contribution in [2.24, 2.45) is 0 Å². The average molecular weight is 330 g/mol. The van der Waals surface area contributed by atoms with E-state index in [2.05, 4.69) is 10.0 Å². The molecule has 1 aromatic carbocycles. The molecule has 1 aliphatic carbocycles. The zero-order chi connectivity index (χ0) is 15.5. The van der Waals surface area contributed by atoms with E-state index in [-0.39, 0.29) is 10.9 Å². The van der Waals surface area contributed by atoms with Gasteiger partial charge in [0.15, 0.2) is 0 Å². The molecular formula is C14H22N2O3S2. The van der Waals surface area contributed by atoms with Gasteiger partial charge in [-0.2, -0.15) is 0 Å². The summed E-state index contributed by atoms with van der Waals surface area (Å²) in [6.07, 6.45) is 4.02. The molecule has 21 heavy (non-hydrogen) atoms. The van der Waals surface area contributed by atoms with Gasteiger partial charge in [0.2, 0.25) is 10.0 Å². The second kappa shape index (κ2) is 7.00. The molecule has 0 amide bonds. The molecule has 0 saturated heterocycles. The summed E-state index contributed by atoms with van der Waals surface area (Å²) in [5, 5.41) is 3.39. The fourth-order valence-electron chi connectivity index (χ4n) is 2.06. The Morgan fingerprint density at radius 1 is 1.29 bits per heavy atom. The molecule has 7 heteroatoms. The predicted molar refractivity (Wildman–Crippen MR) is 85.0 cm³/mol. The fourth-order valence-corrected chi connectivity index (χ4v) is 4.19. The normalized spacial score (nSPS) is 18.4. The van der Waals surface area contributed by atoms with Crippen LogP contribution in [0.25, 0.3) is 0 Å². The van der Waals surface area contributed by atoms with Crippen molar-refractivity contribution in [1.82, 2.24) is 10.0 Å². The molecule has 2 unspecified atom stereocenters. The average Bonchev–Trinajstić information content (AvgIpc) is 3.19. The maximum absolute atomic E-state index is 12.2. The van der Waals surface area contributed by atoms with E-state index in [0.29, 0.717) is 11.8 Å². The highest BCUT2D eigenvalue weighted by atomic mass is 32.2. The van der Waals surface area contributed by atoms with Crippen LogP contribution in [-0.2, 0) is 27.4 Å². The van der Waals surface area contributed by atoms with Gasteiger partial charge in [-0.3, -0.25) is 4.21 Å². The number of hydrogen-bond donors (Lipinski definition) is 2. The maximum atomic E-state index is 12.2. The molecule has 0 aromatic heterocycles. The van der Waals surface area contributed by atoms with E-state index in [9.17, 15) is 12.6 Å². The van der Waals surface area contributed by atoms with Crippen molar-refractivity contribution in [2.75, 3.05) is 12.0 Å². The molecule has 0 spiro atoms. The lowest BCUT2D eigenvalue weighted by atomic mass is 10.2. The van der Waals surface area contributed by atoms with Crippen LogP contribution in [0.15, 0.2) is 29.2 Å². The smallest absolute Gasteiger partial charge is 0.240 e. The van der Waals surface area contributed by atoms with Crippen molar-refractivity contribution < 1.29 is 12.6 Å². The highest BCUT2D eigenvalue weighted by Gasteiger charge is 2.20. The Labute approximate surface area is 129 Å². The Bertz CT molecular complexity index is 595. The first-order chi connectivity index (χ1) is 9.87. The summed E-state index contributed by atoms with van der Waals surface area (Å²) in [4.78, 5) is 0.242. The van der Waals surface area contributed by atoms with E-state index >= 15 is 0 Å². The van der Waals surface area contributed by atoms with Crippen molar-refractivity contribution >= 4 is 20.8 Å². The van der Waals surface area contributed by atoms with Crippen molar-refractivity contribution in [2.45, 2.75) is 43.3 Å². The van der Waals surface area contributed by atoms with Crippen LogP contribution in [0, 0.1) is 0 Å². The van der Waals surface area contributed by atoms with Crippen molar-refractivity contribution in [1.29, 1.82) is 0 Å². The molecule has 118 valence electrons. The molecular weight excluding hydrogens is 308 g/mol. The maximum Gasteiger partial charge on any atom is 0.240 e. The third-order valence-electron chi connectivity index (χ3n) is 3.25. The quantitative estimate of drug-likeness (QED) is 0.745. The molecule has 5 nitrogen and oxygen atoms in total. The van der Waals surface area contributed by atoms with Gasteiger partial charge in [0, 0.05) is 41.4 Å². The summed E-state index contributed by atoms with van der Waals surface area (Å²) >= 11 is 0. The molecule has 1 saturated carbocycles. The van der Waals surface area contributed by atoms with Gasteiger partial charge >= 0.3 is 0 Å². The van der Waals surface area contributed by atoms with E-state index in [1.54, 1.807) is 25.3 Å². The van der Waals surface area contributed by atoms with Gasteiger partial charge in [0.25, 0.3) is 0 Å². The molecule has 0 heterocycles. The van der Waals surface area contributed by atoms with Gasteiger partial charge in [0.1, 0.15) is 0 Å². The van der Waals surface area contributed by atoms with Crippen LogP contribution in [0.1, 0.15) is 25.3 Å². The highest BCUT2D eigenvalue weighted by Crippen LogP contribution is 2.19. The Kier molecular flexibility index (Phi) is 5.54. The summed E-state index contributed by atoms with van der Waals surface area (Å²) in [5.74, 6) is 0.308. The van der Waals surface area contributed by atoms with E-state index in [4.69, 9.17) is 0 Å². The van der Waals surface area contributed by atoms with Crippen LogP contribution in [0.3, 0.4) is 0 Å². The van der Waals surface area contributed by atoms with Crippen molar-refractivity contribution in [3.63, 3.8) is 0 Å². The minimum absolute atomic E-state index is 0.242. The van der Waals surface area contributed by atoms with Crippen LogP contribution >= 0.6 is 0 Å². The zero-order valence-corrected chi connectivity index (χ0v) is 14.0. The third-order valence-corrected chi connectivity index (χ3v) is 5.82. The van der Waals surface area contributed by atoms with Gasteiger partial charge in [-0.05, 0) is 37.5 Å². The predicted octanol–water partition coefficient (Wildman–Crippen LogP) is 0.984. The van der Waals surface area contributed by atoms with Crippen LogP contribution in [0.2, 0.25) is 0 Å². The van der Waals surface area contributed by atoms with Gasteiger partial charge in [-0.15, -0.1) is 0 Å². The Balaban J connectivity index is 1.96. The number of rotatable bonds is 8. The van der Waals surface area contributed by atoms with E-state index in [0.717, 1.165) is 12.1 Å². The third kappa shape index (κ3) is 5.50. The molecule has 2 rings (SSSR count). The summed E-state index contributed by atoms with van der Waals surface area (Å²) in [7, 11) is -4.57. The molecule has 2 atom stereocenters. The van der Waals surface area contributed by atoms with Crippen LogP contribution in [0.5, 0.6) is 0 Å². The second-order valence-electron chi connectivity index (χ2n) is 5.56. The SMILES string of the molecule is CC(CS(C)=O)NS(=O)(=O)c1ccc(CNC2CC2)cc1. The van der Waals surface area contributed by atoms with Gasteiger partial charge in [-0.25, -0.2) is 13.1 Å². The lowest BCUT2D eigenvalue weighted by Crippen LogP contribution is -2.36. The first kappa shape index (κ1) is 16.6. The lowest BCUT2D eigenvalue weighted by molar-refractivity contribution is 0.570. The summed E-state index contributed by atoms with van der Waals surface area (Å²) in [5.41, 5.74) is 1.07. The standard InChI is InChI=1S/C14H22N2O3S2/c1-11(10-20(2)17)16-21(18,19)14-7-3-12(4-8-14)9-15-13-5-6-13/h3-4,7-8,11,13,15-16H,5-6,9-10H2,1-2H3. The van der Waals surface area contributed by atoms with Crippen molar-refractivity contribution in [3.05, 3.63) is 29.8 Å². The molecule has 1 fully saturated rings. The minimum Gasteiger partial charge on any atom is -0.310 e. The summed E-state index contributed by atoms with van der Waals surface area (Å²) in [6, 6.07) is 7.16. The Hall–Kier alpha value is -0.760. The Morgan fingerprint density at radius 3 is 2.43 bits per heavy atom. The Morgan fingerprint density at radius 2 is 1.90 bits per heavy atom. The second-order valence-corrected chi connectivity index (χ2v) is 8.76. The van der Waals surface area contributed by atoms with E-state index < -0.39 is 20.8 Å². The number of nitrogens with one attached hydrogen (secondary N) is 2. The first-order valence-electron chi connectivity index (χ1n) is 7.01. The first-order valence-corrected chi connectivity index (χ1v) is 10.2. The molecule has 0 bridgehead atoms.